The van der Waals surface area contributed by atoms with E-state index in [-0.39, 0.29) is 22.8 Å². The van der Waals surface area contributed by atoms with Gasteiger partial charge in [-0.3, -0.25) is 4.57 Å². The molecular weight excluding hydrogens is 259 g/mol. The summed E-state index contributed by atoms with van der Waals surface area (Å²) in [5.74, 6) is -0.176. The van der Waals surface area contributed by atoms with E-state index in [1.54, 1.807) is 13.8 Å². The van der Waals surface area contributed by atoms with Gasteiger partial charge in [0.1, 0.15) is 5.75 Å². The van der Waals surface area contributed by atoms with Crippen LogP contribution in [0.25, 0.3) is 0 Å². The molecule has 0 radical (unpaired) electrons. The van der Waals surface area contributed by atoms with Crippen LogP contribution in [-0.2, 0) is 10.1 Å². The molecule has 0 atom stereocenters. The largest absolute Gasteiger partial charge is 0.508 e. The van der Waals surface area contributed by atoms with E-state index in [0.717, 1.165) is 0 Å². The lowest BCUT2D eigenvalue weighted by Gasteiger charge is -2.26. The molecule has 0 saturated carbocycles. The van der Waals surface area contributed by atoms with Crippen LogP contribution in [-0.4, -0.2) is 25.1 Å². The van der Waals surface area contributed by atoms with Crippen LogP contribution in [0.5, 0.6) is 5.75 Å². The lowest BCUT2D eigenvalue weighted by atomic mass is 9.96. The first-order valence-electron chi connectivity index (χ1n) is 5.33. The molecule has 0 saturated heterocycles. The number of hydrogen-bond acceptors (Lipinski definition) is 4. The number of aryl methyl sites for hydroxylation is 1. The van der Waals surface area contributed by atoms with Crippen LogP contribution < -0.4 is 0 Å². The summed E-state index contributed by atoms with van der Waals surface area (Å²) in [5.41, 5.74) is -2.99. The van der Waals surface area contributed by atoms with Crippen molar-refractivity contribution < 1.29 is 29.7 Å². The van der Waals surface area contributed by atoms with Gasteiger partial charge < -0.3 is 25.1 Å². The van der Waals surface area contributed by atoms with Gasteiger partial charge >= 0.3 is 7.60 Å². The Balaban J connectivity index is 3.52. The summed E-state index contributed by atoms with van der Waals surface area (Å²) in [7, 11) is -5.15. The zero-order valence-electron chi connectivity index (χ0n) is 10.3. The SMILES string of the molecule is Cc1cc(O)c(C(C)C)cc1C(O)(O)P(=O)(O)O. The van der Waals surface area contributed by atoms with Gasteiger partial charge in [0.25, 0.3) is 5.53 Å². The summed E-state index contributed by atoms with van der Waals surface area (Å²) < 4.78 is 11.1. The number of hydrogen-bond donors (Lipinski definition) is 5. The van der Waals surface area contributed by atoms with Crippen molar-refractivity contribution in [2.75, 3.05) is 0 Å². The Kier molecular flexibility index (Phi) is 3.91. The lowest BCUT2D eigenvalue weighted by molar-refractivity contribution is -0.110. The molecule has 1 aromatic carbocycles. The fourth-order valence-electron chi connectivity index (χ4n) is 1.69. The summed E-state index contributed by atoms with van der Waals surface area (Å²) in [5, 5.41) is 28.9. The van der Waals surface area contributed by atoms with E-state index in [0.29, 0.717) is 5.56 Å². The second-order valence-electron chi connectivity index (χ2n) is 4.56. The molecule has 1 aromatic rings. The van der Waals surface area contributed by atoms with Crippen LogP contribution >= 0.6 is 7.60 Å². The van der Waals surface area contributed by atoms with Crippen molar-refractivity contribution in [3.05, 3.63) is 28.8 Å². The normalized spacial score (nSPS) is 13.1. The molecule has 0 unspecified atom stereocenters. The monoisotopic (exact) mass is 276 g/mol. The van der Waals surface area contributed by atoms with E-state index >= 15 is 0 Å². The van der Waals surface area contributed by atoms with Crippen LogP contribution in [0.3, 0.4) is 0 Å². The third-order valence-electron chi connectivity index (χ3n) is 2.76. The van der Waals surface area contributed by atoms with E-state index in [4.69, 9.17) is 9.79 Å². The van der Waals surface area contributed by atoms with Gasteiger partial charge in [0.05, 0.1) is 0 Å². The van der Waals surface area contributed by atoms with Crippen LogP contribution in [0, 0.1) is 6.92 Å². The van der Waals surface area contributed by atoms with Gasteiger partial charge in [-0.15, -0.1) is 0 Å². The van der Waals surface area contributed by atoms with Crippen LogP contribution in [0.2, 0.25) is 0 Å². The summed E-state index contributed by atoms with van der Waals surface area (Å²) in [6, 6.07) is 2.45. The van der Waals surface area contributed by atoms with E-state index in [1.807, 2.05) is 0 Å². The highest BCUT2D eigenvalue weighted by atomic mass is 31.2. The Hall–Kier alpha value is -0.910. The highest BCUT2D eigenvalue weighted by Gasteiger charge is 2.46. The molecule has 18 heavy (non-hydrogen) atoms. The van der Waals surface area contributed by atoms with Gasteiger partial charge in [0.2, 0.25) is 0 Å². The Morgan fingerprint density at radius 3 is 2.11 bits per heavy atom. The summed E-state index contributed by atoms with van der Waals surface area (Å²) in [4.78, 5) is 17.9. The molecule has 0 amide bonds. The molecule has 0 fully saturated rings. The minimum absolute atomic E-state index is 0.0484. The average Bonchev–Trinajstić information content (AvgIpc) is 2.14. The maximum atomic E-state index is 11.1. The van der Waals surface area contributed by atoms with Crippen molar-refractivity contribution in [2.24, 2.45) is 0 Å². The second-order valence-corrected chi connectivity index (χ2v) is 6.27. The second kappa shape index (κ2) is 4.64. The van der Waals surface area contributed by atoms with Crippen molar-refractivity contribution in [1.29, 1.82) is 0 Å². The minimum atomic E-state index is -5.15. The predicted molar refractivity (Wildman–Crippen MR) is 65.1 cm³/mol. The standard InChI is InChI=1S/C11H17O6P/c1-6(2)8-5-9(7(3)4-10(8)12)11(13,14)18(15,16)17/h4-6,12-14H,1-3H3,(H2,15,16,17). The third-order valence-corrected chi connectivity index (χ3v) is 3.82. The Bertz CT molecular complexity index is 503. The Labute approximate surface area is 105 Å². The van der Waals surface area contributed by atoms with E-state index < -0.39 is 13.1 Å². The third kappa shape index (κ3) is 2.58. The van der Waals surface area contributed by atoms with Crippen molar-refractivity contribution in [3.8, 4) is 5.75 Å². The molecule has 7 heteroatoms. The first kappa shape index (κ1) is 15.1. The fourth-order valence-corrected chi connectivity index (χ4v) is 2.24. The zero-order chi connectivity index (χ0) is 14.3. The summed E-state index contributed by atoms with van der Waals surface area (Å²) in [6.07, 6.45) is 0. The van der Waals surface area contributed by atoms with Gasteiger partial charge in [0, 0.05) is 5.56 Å². The van der Waals surface area contributed by atoms with Gasteiger partial charge in [0.15, 0.2) is 0 Å². The molecule has 0 aliphatic heterocycles. The smallest absolute Gasteiger partial charge is 0.389 e. The Morgan fingerprint density at radius 1 is 1.22 bits per heavy atom. The van der Waals surface area contributed by atoms with Crippen molar-refractivity contribution in [2.45, 2.75) is 32.2 Å². The number of phenolic OH excluding ortho intramolecular Hbond substituents is 1. The van der Waals surface area contributed by atoms with Crippen LogP contribution in [0.15, 0.2) is 12.1 Å². The van der Waals surface area contributed by atoms with Gasteiger partial charge in [-0.2, -0.15) is 0 Å². The van der Waals surface area contributed by atoms with E-state index in [1.165, 1.54) is 19.1 Å². The molecule has 5 N–H and O–H groups in total. The number of aliphatic hydroxyl groups is 2. The first-order valence-corrected chi connectivity index (χ1v) is 6.94. The van der Waals surface area contributed by atoms with Crippen LogP contribution in [0.4, 0.5) is 0 Å². The predicted octanol–water partition coefficient (Wildman–Crippen LogP) is 1.10. The number of aromatic hydroxyl groups is 1. The van der Waals surface area contributed by atoms with Crippen molar-refractivity contribution >= 4 is 7.60 Å². The zero-order valence-corrected chi connectivity index (χ0v) is 11.2. The highest BCUT2D eigenvalue weighted by Crippen LogP contribution is 2.54. The van der Waals surface area contributed by atoms with Gasteiger partial charge in [-0.05, 0) is 36.1 Å². The first-order chi connectivity index (χ1) is 7.98. The van der Waals surface area contributed by atoms with Gasteiger partial charge in [-0.25, -0.2) is 0 Å². The number of benzene rings is 1. The average molecular weight is 276 g/mol. The summed E-state index contributed by atoms with van der Waals surface area (Å²) in [6.45, 7) is 4.96. The van der Waals surface area contributed by atoms with E-state index in [2.05, 4.69) is 0 Å². The van der Waals surface area contributed by atoms with Crippen molar-refractivity contribution in [1.82, 2.24) is 0 Å². The van der Waals surface area contributed by atoms with Crippen molar-refractivity contribution in [3.63, 3.8) is 0 Å². The molecule has 0 bridgehead atoms. The number of rotatable bonds is 3. The van der Waals surface area contributed by atoms with Gasteiger partial charge in [-0.1, -0.05) is 13.8 Å². The quantitative estimate of drug-likeness (QED) is 0.416. The molecule has 0 heterocycles. The fraction of sp³-hybridized carbons (Fsp3) is 0.455. The maximum absolute atomic E-state index is 11.1. The molecule has 0 aliphatic carbocycles. The Morgan fingerprint density at radius 2 is 1.72 bits per heavy atom. The van der Waals surface area contributed by atoms with Crippen LogP contribution in [0.1, 0.15) is 36.5 Å². The minimum Gasteiger partial charge on any atom is -0.508 e. The maximum Gasteiger partial charge on any atom is 0.389 e. The number of phenols is 1. The highest BCUT2D eigenvalue weighted by molar-refractivity contribution is 7.52. The lowest BCUT2D eigenvalue weighted by Crippen LogP contribution is -2.26. The molecule has 6 nitrogen and oxygen atoms in total. The molecular formula is C11H17O6P. The molecule has 0 spiro atoms. The van der Waals surface area contributed by atoms with E-state index in [9.17, 15) is 19.9 Å². The topological polar surface area (TPSA) is 118 Å². The molecule has 0 aromatic heterocycles. The summed E-state index contributed by atoms with van der Waals surface area (Å²) >= 11 is 0. The molecule has 102 valence electrons. The molecule has 0 aliphatic rings. The molecule has 1 rings (SSSR count).